The van der Waals surface area contributed by atoms with Crippen LogP contribution in [-0.2, 0) is 6.61 Å². The maximum atomic E-state index is 13.0. The summed E-state index contributed by atoms with van der Waals surface area (Å²) < 4.78 is 24.7. The van der Waals surface area contributed by atoms with E-state index < -0.39 is 0 Å². The number of allylic oxidation sites excluding steroid dienone is 1. The number of halogens is 1. The van der Waals surface area contributed by atoms with E-state index in [0.717, 1.165) is 16.7 Å². The zero-order valence-corrected chi connectivity index (χ0v) is 14.7. The summed E-state index contributed by atoms with van der Waals surface area (Å²) in [6, 6.07) is 19.2. The number of ether oxygens (including phenoxy) is 2. The van der Waals surface area contributed by atoms with Gasteiger partial charge in [0.05, 0.1) is 5.56 Å². The fraction of sp³-hybridized carbons (Fsp3) is 0.0870. The summed E-state index contributed by atoms with van der Waals surface area (Å²) in [6.45, 7) is 2.16. The number of carbonyl (C=O) groups excluding carboxylic acids is 1. The summed E-state index contributed by atoms with van der Waals surface area (Å²) in [6.07, 6.45) is 1.74. The predicted molar refractivity (Wildman–Crippen MR) is 101 cm³/mol. The topological polar surface area (TPSA) is 35.5 Å². The van der Waals surface area contributed by atoms with Crippen LogP contribution in [0.15, 0.2) is 72.5 Å². The molecular weight excluding hydrogens is 343 g/mol. The van der Waals surface area contributed by atoms with E-state index >= 15 is 0 Å². The van der Waals surface area contributed by atoms with E-state index in [9.17, 15) is 9.18 Å². The van der Waals surface area contributed by atoms with Crippen molar-refractivity contribution in [2.45, 2.75) is 13.5 Å². The molecule has 1 heterocycles. The monoisotopic (exact) mass is 360 g/mol. The van der Waals surface area contributed by atoms with Gasteiger partial charge in [-0.3, -0.25) is 4.79 Å². The average molecular weight is 360 g/mol. The van der Waals surface area contributed by atoms with E-state index in [-0.39, 0.29) is 11.6 Å². The van der Waals surface area contributed by atoms with Gasteiger partial charge >= 0.3 is 0 Å². The molecule has 0 spiro atoms. The van der Waals surface area contributed by atoms with Crippen molar-refractivity contribution in [3.05, 3.63) is 101 Å². The molecular formula is C23H17FO3. The smallest absolute Gasteiger partial charge is 0.231 e. The van der Waals surface area contributed by atoms with Crippen molar-refractivity contribution in [1.82, 2.24) is 0 Å². The second-order valence-electron chi connectivity index (χ2n) is 6.33. The molecule has 0 saturated heterocycles. The molecule has 27 heavy (non-hydrogen) atoms. The van der Waals surface area contributed by atoms with Crippen LogP contribution in [0.1, 0.15) is 27.0 Å². The fourth-order valence-corrected chi connectivity index (χ4v) is 2.97. The molecule has 0 fully saturated rings. The Labute approximate surface area is 156 Å². The first kappa shape index (κ1) is 17.0. The van der Waals surface area contributed by atoms with Crippen molar-refractivity contribution in [1.29, 1.82) is 0 Å². The van der Waals surface area contributed by atoms with Gasteiger partial charge in [0.1, 0.15) is 23.9 Å². The lowest BCUT2D eigenvalue weighted by Crippen LogP contribution is -1.98. The maximum absolute atomic E-state index is 13.0. The van der Waals surface area contributed by atoms with Crippen LogP contribution in [0.25, 0.3) is 6.08 Å². The van der Waals surface area contributed by atoms with Crippen LogP contribution in [0, 0.1) is 12.7 Å². The van der Waals surface area contributed by atoms with Gasteiger partial charge < -0.3 is 9.47 Å². The van der Waals surface area contributed by atoms with E-state index in [4.69, 9.17) is 9.47 Å². The first-order valence-corrected chi connectivity index (χ1v) is 8.62. The Morgan fingerprint density at radius 1 is 1.00 bits per heavy atom. The molecule has 4 rings (SSSR count). The third-order valence-corrected chi connectivity index (χ3v) is 4.44. The lowest BCUT2D eigenvalue weighted by atomic mass is 10.1. The van der Waals surface area contributed by atoms with Gasteiger partial charge in [0, 0.05) is 5.56 Å². The molecule has 0 bridgehead atoms. The first-order chi connectivity index (χ1) is 13.1. The number of hydrogen-bond acceptors (Lipinski definition) is 3. The Morgan fingerprint density at radius 3 is 2.48 bits per heavy atom. The molecule has 0 N–H and O–H groups in total. The standard InChI is InChI=1S/C23H17FO3/c1-15-20(26-14-17-7-9-18(24)10-8-17)12-11-19-22(25)21(27-23(15)19)13-16-5-3-2-4-6-16/h2-13H,14H2,1H3/b21-13-. The SMILES string of the molecule is Cc1c(OCc2ccc(F)cc2)ccc2c1O/C(=C\c1ccccc1)C2=O. The quantitative estimate of drug-likeness (QED) is 0.590. The maximum Gasteiger partial charge on any atom is 0.231 e. The highest BCUT2D eigenvalue weighted by Gasteiger charge is 2.30. The summed E-state index contributed by atoms with van der Waals surface area (Å²) >= 11 is 0. The van der Waals surface area contributed by atoms with E-state index in [2.05, 4.69) is 0 Å². The number of ketones is 1. The number of Topliss-reactive ketones (excluding diaryl/α,β-unsaturated/α-hetero) is 1. The molecule has 3 nitrogen and oxygen atoms in total. The van der Waals surface area contributed by atoms with Crippen molar-refractivity contribution in [3.63, 3.8) is 0 Å². The van der Waals surface area contributed by atoms with E-state index in [0.29, 0.717) is 29.4 Å². The van der Waals surface area contributed by atoms with Crippen LogP contribution >= 0.6 is 0 Å². The number of rotatable bonds is 4. The van der Waals surface area contributed by atoms with Gasteiger partial charge in [0.15, 0.2) is 5.76 Å². The van der Waals surface area contributed by atoms with Crippen LogP contribution in [0.4, 0.5) is 4.39 Å². The van der Waals surface area contributed by atoms with Gasteiger partial charge in [-0.2, -0.15) is 0 Å². The van der Waals surface area contributed by atoms with Crippen molar-refractivity contribution >= 4 is 11.9 Å². The zero-order valence-electron chi connectivity index (χ0n) is 14.7. The molecule has 1 aliphatic heterocycles. The van der Waals surface area contributed by atoms with Gasteiger partial charge in [0.25, 0.3) is 0 Å². The van der Waals surface area contributed by atoms with Crippen LogP contribution < -0.4 is 9.47 Å². The van der Waals surface area contributed by atoms with Crippen molar-refractivity contribution < 1.29 is 18.7 Å². The van der Waals surface area contributed by atoms with Crippen molar-refractivity contribution in [3.8, 4) is 11.5 Å². The minimum atomic E-state index is -0.280. The molecule has 4 heteroatoms. The lowest BCUT2D eigenvalue weighted by molar-refractivity contribution is 0.101. The Hall–Kier alpha value is -3.40. The molecule has 3 aromatic rings. The minimum Gasteiger partial charge on any atom is -0.488 e. The Morgan fingerprint density at radius 2 is 1.74 bits per heavy atom. The molecule has 0 radical (unpaired) electrons. The third kappa shape index (κ3) is 3.47. The minimum absolute atomic E-state index is 0.137. The van der Waals surface area contributed by atoms with Gasteiger partial charge in [-0.15, -0.1) is 0 Å². The van der Waals surface area contributed by atoms with Crippen LogP contribution in [0.3, 0.4) is 0 Å². The summed E-state index contributed by atoms with van der Waals surface area (Å²) in [5.74, 6) is 1.04. The highest BCUT2D eigenvalue weighted by atomic mass is 19.1. The summed E-state index contributed by atoms with van der Waals surface area (Å²) in [5.41, 5.74) is 3.06. The van der Waals surface area contributed by atoms with E-state index in [1.54, 1.807) is 30.3 Å². The molecule has 0 aliphatic carbocycles. The second-order valence-corrected chi connectivity index (χ2v) is 6.33. The average Bonchev–Trinajstić information content (AvgIpc) is 3.00. The summed E-state index contributed by atoms with van der Waals surface area (Å²) in [4.78, 5) is 12.6. The zero-order chi connectivity index (χ0) is 18.8. The molecule has 0 aromatic heterocycles. The normalized spacial score (nSPS) is 14.1. The molecule has 0 amide bonds. The summed E-state index contributed by atoms with van der Waals surface area (Å²) in [5, 5.41) is 0. The van der Waals surface area contributed by atoms with Crippen molar-refractivity contribution in [2.24, 2.45) is 0 Å². The first-order valence-electron chi connectivity index (χ1n) is 8.62. The predicted octanol–water partition coefficient (Wildman–Crippen LogP) is 5.33. The van der Waals surface area contributed by atoms with Gasteiger partial charge in [-0.25, -0.2) is 4.39 Å². The highest BCUT2D eigenvalue weighted by Crippen LogP contribution is 2.39. The Bertz CT molecular complexity index is 1020. The molecule has 0 saturated carbocycles. The molecule has 0 unspecified atom stereocenters. The van der Waals surface area contributed by atoms with E-state index in [1.165, 1.54) is 12.1 Å². The van der Waals surface area contributed by atoms with E-state index in [1.807, 2.05) is 37.3 Å². The Balaban J connectivity index is 1.56. The third-order valence-electron chi connectivity index (χ3n) is 4.44. The number of fused-ring (bicyclic) bond motifs is 1. The summed E-state index contributed by atoms with van der Waals surface area (Å²) in [7, 11) is 0. The van der Waals surface area contributed by atoms with Crippen LogP contribution in [0.5, 0.6) is 11.5 Å². The van der Waals surface area contributed by atoms with Crippen LogP contribution in [-0.4, -0.2) is 5.78 Å². The van der Waals surface area contributed by atoms with Gasteiger partial charge in [0.2, 0.25) is 5.78 Å². The largest absolute Gasteiger partial charge is 0.488 e. The number of carbonyl (C=O) groups is 1. The lowest BCUT2D eigenvalue weighted by Gasteiger charge is -2.11. The second kappa shape index (κ2) is 7.08. The Kier molecular flexibility index (Phi) is 4.47. The molecule has 3 aromatic carbocycles. The molecule has 134 valence electrons. The number of hydrogen-bond donors (Lipinski definition) is 0. The van der Waals surface area contributed by atoms with Crippen LogP contribution in [0.2, 0.25) is 0 Å². The molecule has 0 atom stereocenters. The fourth-order valence-electron chi connectivity index (χ4n) is 2.97. The van der Waals surface area contributed by atoms with Gasteiger partial charge in [-0.05, 0) is 48.4 Å². The van der Waals surface area contributed by atoms with Crippen molar-refractivity contribution in [2.75, 3.05) is 0 Å². The number of benzene rings is 3. The highest BCUT2D eigenvalue weighted by molar-refractivity contribution is 6.14. The molecule has 1 aliphatic rings. The van der Waals surface area contributed by atoms with Gasteiger partial charge in [-0.1, -0.05) is 42.5 Å².